The molecule has 0 aliphatic rings. The van der Waals surface area contributed by atoms with E-state index < -0.39 is 0 Å². The van der Waals surface area contributed by atoms with Crippen molar-refractivity contribution in [3.8, 4) is 0 Å². The fourth-order valence-electron chi connectivity index (χ4n) is 0.351. The molecule has 48 valence electrons. The average molecular weight is 114 g/mol. The normalized spacial score (nSPS) is 12.2. The summed E-state index contributed by atoms with van der Waals surface area (Å²) < 4.78 is 0. The van der Waals surface area contributed by atoms with Crippen molar-refractivity contribution < 1.29 is 0 Å². The highest BCUT2D eigenvalue weighted by Crippen LogP contribution is 1.91. The first-order valence-electron chi connectivity index (χ1n) is 2.82. The Kier molecular flexibility index (Phi) is 3.48. The van der Waals surface area contributed by atoms with E-state index in [2.05, 4.69) is 13.8 Å². The van der Waals surface area contributed by atoms with E-state index in [1.54, 1.807) is 6.08 Å². The monoisotopic (exact) mass is 114 g/mol. The van der Waals surface area contributed by atoms with Crippen LogP contribution in [0.4, 0.5) is 0 Å². The van der Waals surface area contributed by atoms with Gasteiger partial charge in [-0.15, -0.1) is 0 Å². The average Bonchev–Trinajstić information content (AvgIpc) is 1.61. The minimum atomic E-state index is -0.294. The minimum Gasteiger partial charge on any atom is -0.313 e. The lowest BCUT2D eigenvalue weighted by molar-refractivity contribution is 0.801. The number of rotatable bonds is 2. The number of allylic oxidation sites excluding steroid dienone is 1. The van der Waals surface area contributed by atoms with Gasteiger partial charge in [-0.2, -0.15) is 0 Å². The first-order valence-corrected chi connectivity index (χ1v) is 2.82. The summed E-state index contributed by atoms with van der Waals surface area (Å²) in [6.07, 6.45) is 3.49. The second-order valence-electron chi connectivity index (χ2n) is 2.21. The van der Waals surface area contributed by atoms with Crippen molar-refractivity contribution >= 4 is 0 Å². The molecule has 4 N–H and O–H groups in total. The Morgan fingerprint density at radius 1 is 1.12 bits per heavy atom. The molecule has 0 spiro atoms. The number of nitrogens with two attached hydrogens (primary N) is 2. The topological polar surface area (TPSA) is 52.0 Å². The third kappa shape index (κ3) is 5.66. The highest BCUT2D eigenvalue weighted by Gasteiger charge is 1.85. The maximum atomic E-state index is 5.23. The Hall–Kier alpha value is -0.340. The molecule has 0 aromatic carbocycles. The van der Waals surface area contributed by atoms with Gasteiger partial charge in [0, 0.05) is 0 Å². The van der Waals surface area contributed by atoms with E-state index in [-0.39, 0.29) is 6.17 Å². The van der Waals surface area contributed by atoms with Crippen molar-refractivity contribution in [2.24, 2.45) is 17.4 Å². The van der Waals surface area contributed by atoms with Crippen molar-refractivity contribution in [3.05, 3.63) is 12.2 Å². The third-order valence-corrected chi connectivity index (χ3v) is 0.718. The highest BCUT2D eigenvalue weighted by molar-refractivity contribution is 4.89. The lowest BCUT2D eigenvalue weighted by atomic mass is 10.2. The highest BCUT2D eigenvalue weighted by atomic mass is 14.8. The van der Waals surface area contributed by atoms with Gasteiger partial charge in [0.15, 0.2) is 0 Å². The van der Waals surface area contributed by atoms with Crippen LogP contribution in [0.2, 0.25) is 0 Å². The number of hydrogen-bond donors (Lipinski definition) is 2. The molecule has 0 aliphatic heterocycles. The number of hydrogen-bond acceptors (Lipinski definition) is 2. The van der Waals surface area contributed by atoms with Gasteiger partial charge < -0.3 is 11.5 Å². The Balaban J connectivity index is 3.34. The molecule has 0 radical (unpaired) electrons. The predicted octanol–water partition coefficient (Wildman–Crippen LogP) is 0.442. The van der Waals surface area contributed by atoms with E-state index in [1.807, 2.05) is 6.08 Å². The largest absolute Gasteiger partial charge is 0.313 e. The van der Waals surface area contributed by atoms with E-state index in [9.17, 15) is 0 Å². The van der Waals surface area contributed by atoms with E-state index in [0.717, 1.165) is 0 Å². The van der Waals surface area contributed by atoms with Crippen LogP contribution in [0.15, 0.2) is 12.2 Å². The molecule has 0 aromatic rings. The zero-order valence-electron chi connectivity index (χ0n) is 5.46. The van der Waals surface area contributed by atoms with Crippen LogP contribution in [-0.2, 0) is 0 Å². The van der Waals surface area contributed by atoms with Gasteiger partial charge in [0.05, 0.1) is 6.17 Å². The molecule has 0 unspecified atom stereocenters. The van der Waals surface area contributed by atoms with Crippen molar-refractivity contribution in [3.63, 3.8) is 0 Å². The van der Waals surface area contributed by atoms with E-state index >= 15 is 0 Å². The van der Waals surface area contributed by atoms with Gasteiger partial charge in [-0.1, -0.05) is 26.0 Å². The summed E-state index contributed by atoms with van der Waals surface area (Å²) >= 11 is 0. The fourth-order valence-corrected chi connectivity index (χ4v) is 0.351. The van der Waals surface area contributed by atoms with E-state index in [0.29, 0.717) is 5.92 Å². The molecule has 0 fully saturated rings. The van der Waals surface area contributed by atoms with E-state index in [4.69, 9.17) is 11.5 Å². The van der Waals surface area contributed by atoms with E-state index in [1.165, 1.54) is 0 Å². The second kappa shape index (κ2) is 3.64. The zero-order valence-corrected chi connectivity index (χ0v) is 5.46. The van der Waals surface area contributed by atoms with Crippen LogP contribution in [0.25, 0.3) is 0 Å². The van der Waals surface area contributed by atoms with Crippen LogP contribution in [0, 0.1) is 5.92 Å². The SMILES string of the molecule is CC(C)C=CC(N)N. The molecule has 0 aromatic heterocycles. The summed E-state index contributed by atoms with van der Waals surface area (Å²) in [6.45, 7) is 4.16. The van der Waals surface area contributed by atoms with Gasteiger partial charge in [0.2, 0.25) is 0 Å². The molecule has 0 saturated carbocycles. The predicted molar refractivity (Wildman–Crippen MR) is 36.1 cm³/mol. The van der Waals surface area contributed by atoms with Crippen molar-refractivity contribution in [1.82, 2.24) is 0 Å². The van der Waals surface area contributed by atoms with Crippen molar-refractivity contribution in [1.29, 1.82) is 0 Å². The molecule has 2 heteroatoms. The lowest BCUT2D eigenvalue weighted by Gasteiger charge is -1.96. The molecule has 0 amide bonds. The van der Waals surface area contributed by atoms with Crippen LogP contribution in [0.3, 0.4) is 0 Å². The van der Waals surface area contributed by atoms with Gasteiger partial charge in [0.1, 0.15) is 0 Å². The Morgan fingerprint density at radius 2 is 1.62 bits per heavy atom. The van der Waals surface area contributed by atoms with Gasteiger partial charge in [-0.25, -0.2) is 0 Å². The van der Waals surface area contributed by atoms with Gasteiger partial charge in [-0.05, 0) is 5.92 Å². The summed E-state index contributed by atoms with van der Waals surface area (Å²) in [5.74, 6) is 0.546. The Labute approximate surface area is 50.6 Å². The van der Waals surface area contributed by atoms with Crippen LogP contribution >= 0.6 is 0 Å². The smallest absolute Gasteiger partial charge is 0.0713 e. The Morgan fingerprint density at radius 3 is 1.75 bits per heavy atom. The zero-order chi connectivity index (χ0) is 6.57. The van der Waals surface area contributed by atoms with Gasteiger partial charge in [0.25, 0.3) is 0 Å². The second-order valence-corrected chi connectivity index (χ2v) is 2.21. The maximum absolute atomic E-state index is 5.23. The molecule has 0 saturated heterocycles. The molecular weight excluding hydrogens is 100 g/mol. The lowest BCUT2D eigenvalue weighted by Crippen LogP contribution is -2.27. The summed E-state index contributed by atoms with van der Waals surface area (Å²) in [7, 11) is 0. The molecule has 0 atom stereocenters. The summed E-state index contributed by atoms with van der Waals surface area (Å²) in [6, 6.07) is 0. The maximum Gasteiger partial charge on any atom is 0.0713 e. The first-order chi connectivity index (χ1) is 3.63. The molecule has 2 nitrogen and oxygen atoms in total. The van der Waals surface area contributed by atoms with Crippen molar-refractivity contribution in [2.45, 2.75) is 20.0 Å². The van der Waals surface area contributed by atoms with Gasteiger partial charge >= 0.3 is 0 Å². The minimum absolute atomic E-state index is 0.294. The standard InChI is InChI=1S/C6H14N2/c1-5(2)3-4-6(7)8/h3-6H,7-8H2,1-2H3. The quantitative estimate of drug-likeness (QED) is 0.404. The van der Waals surface area contributed by atoms with Crippen LogP contribution in [0.1, 0.15) is 13.8 Å². The molecule has 0 rings (SSSR count). The Bertz CT molecular complexity index is 64.6. The summed E-state index contributed by atoms with van der Waals surface area (Å²) in [5.41, 5.74) is 10.5. The van der Waals surface area contributed by atoms with Crippen LogP contribution in [0.5, 0.6) is 0 Å². The molecule has 0 aliphatic carbocycles. The molecule has 0 bridgehead atoms. The summed E-state index contributed by atoms with van der Waals surface area (Å²) in [5, 5.41) is 0. The third-order valence-electron chi connectivity index (χ3n) is 0.718. The summed E-state index contributed by atoms with van der Waals surface area (Å²) in [4.78, 5) is 0. The van der Waals surface area contributed by atoms with Crippen LogP contribution < -0.4 is 11.5 Å². The van der Waals surface area contributed by atoms with Crippen molar-refractivity contribution in [2.75, 3.05) is 0 Å². The first kappa shape index (κ1) is 7.66. The fraction of sp³-hybridized carbons (Fsp3) is 0.667. The van der Waals surface area contributed by atoms with Crippen LogP contribution in [-0.4, -0.2) is 6.17 Å². The molecule has 8 heavy (non-hydrogen) atoms. The van der Waals surface area contributed by atoms with Gasteiger partial charge in [-0.3, -0.25) is 0 Å². The molecule has 0 heterocycles. The molecular formula is C6H14N2.